The van der Waals surface area contributed by atoms with Crippen molar-refractivity contribution in [3.8, 4) is 0 Å². The number of pyridine rings is 2. The highest BCUT2D eigenvalue weighted by Crippen LogP contribution is 2.30. The Morgan fingerprint density at radius 3 is 2.88 bits per heavy atom. The highest BCUT2D eigenvalue weighted by Gasteiger charge is 2.29. The van der Waals surface area contributed by atoms with E-state index < -0.39 is 6.10 Å². The predicted molar refractivity (Wildman–Crippen MR) is 94.5 cm³/mol. The van der Waals surface area contributed by atoms with Crippen LogP contribution in [0.4, 0.5) is 17.5 Å². The molecular weight excluding hydrogens is 318 g/mol. The van der Waals surface area contributed by atoms with Gasteiger partial charge in [-0.25, -0.2) is 15.3 Å². The number of hydrogen-bond acceptors (Lipinski definition) is 6. The molecule has 7 nitrogen and oxygen atoms in total. The molecule has 1 radical (unpaired) electrons. The quantitative estimate of drug-likeness (QED) is 0.792. The Kier molecular flexibility index (Phi) is 4.07. The Hall–Kier alpha value is -2.93. The molecule has 0 unspecified atom stereocenters. The second-order valence-electron chi connectivity index (χ2n) is 6.16. The minimum absolute atomic E-state index is 0.111. The van der Waals surface area contributed by atoms with Crippen LogP contribution in [0.2, 0.25) is 0 Å². The van der Waals surface area contributed by atoms with Gasteiger partial charge in [-0.2, -0.15) is 0 Å². The SMILES string of the molecule is O=C1[N]C=Cc2cc(Nc3ccccn3)nc(N[C@H]3CCC[C@H]3O)c21. The summed E-state index contributed by atoms with van der Waals surface area (Å²) in [7, 11) is 0. The Labute approximate surface area is 145 Å². The predicted octanol–water partition coefficient (Wildman–Crippen LogP) is 2.27. The van der Waals surface area contributed by atoms with Gasteiger partial charge in [-0.3, -0.25) is 4.79 Å². The normalized spacial score (nSPS) is 21.6. The lowest BCUT2D eigenvalue weighted by Gasteiger charge is -2.21. The summed E-state index contributed by atoms with van der Waals surface area (Å²) >= 11 is 0. The van der Waals surface area contributed by atoms with Gasteiger partial charge in [-0.1, -0.05) is 6.07 Å². The summed E-state index contributed by atoms with van der Waals surface area (Å²) in [5.41, 5.74) is 1.18. The molecular formula is C18H18N5O2. The zero-order chi connectivity index (χ0) is 17.2. The maximum absolute atomic E-state index is 12.2. The lowest BCUT2D eigenvalue weighted by Crippen LogP contribution is -2.30. The third-order valence-electron chi connectivity index (χ3n) is 4.43. The molecule has 1 saturated carbocycles. The van der Waals surface area contributed by atoms with Gasteiger partial charge in [0.2, 0.25) is 0 Å². The van der Waals surface area contributed by atoms with E-state index in [0.29, 0.717) is 23.0 Å². The molecule has 2 aromatic heterocycles. The molecule has 25 heavy (non-hydrogen) atoms. The average molecular weight is 336 g/mol. The largest absolute Gasteiger partial charge is 0.391 e. The number of nitrogens with one attached hydrogen (secondary N) is 2. The highest BCUT2D eigenvalue weighted by atomic mass is 16.3. The molecule has 127 valence electrons. The van der Waals surface area contributed by atoms with Crippen molar-refractivity contribution >= 4 is 29.4 Å². The lowest BCUT2D eigenvalue weighted by atomic mass is 10.0. The summed E-state index contributed by atoms with van der Waals surface area (Å²) in [6.45, 7) is 0. The van der Waals surface area contributed by atoms with Crippen LogP contribution in [-0.2, 0) is 0 Å². The van der Waals surface area contributed by atoms with E-state index in [1.165, 1.54) is 6.20 Å². The molecule has 0 aromatic carbocycles. The summed E-state index contributed by atoms with van der Waals surface area (Å²) in [4.78, 5) is 21.0. The second-order valence-corrected chi connectivity index (χ2v) is 6.16. The van der Waals surface area contributed by atoms with Gasteiger partial charge < -0.3 is 15.7 Å². The molecule has 1 aliphatic heterocycles. The van der Waals surface area contributed by atoms with Crippen molar-refractivity contribution in [1.29, 1.82) is 0 Å². The number of nitrogens with zero attached hydrogens (tertiary/aromatic N) is 3. The summed E-state index contributed by atoms with van der Waals surface area (Å²) in [6, 6.07) is 7.24. The number of aliphatic hydroxyl groups excluding tert-OH is 1. The molecule has 7 heteroatoms. The van der Waals surface area contributed by atoms with Crippen LogP contribution < -0.4 is 16.0 Å². The van der Waals surface area contributed by atoms with Crippen LogP contribution in [0.5, 0.6) is 0 Å². The molecule has 1 aliphatic carbocycles. The average Bonchev–Trinajstić information content (AvgIpc) is 3.00. The standard InChI is InChI=1S/C18H18N5O2/c24-13-5-3-4-12(13)21-17-16-11(7-9-20-18(16)25)10-15(23-17)22-14-6-1-2-8-19-14/h1-2,6-10,12-13,24H,3-5H2,(H2,19,21,22,23)/t12-,13+/m0/s1. The van der Waals surface area contributed by atoms with Crippen molar-refractivity contribution in [2.45, 2.75) is 31.4 Å². The Balaban J connectivity index is 1.71. The number of amides is 1. The fraction of sp³-hybridized carbons (Fsp3) is 0.278. The van der Waals surface area contributed by atoms with Crippen LogP contribution in [0.3, 0.4) is 0 Å². The number of carbonyl (C=O) groups is 1. The minimum Gasteiger partial charge on any atom is -0.391 e. The van der Waals surface area contributed by atoms with Crippen molar-refractivity contribution in [2.24, 2.45) is 0 Å². The molecule has 0 saturated heterocycles. The molecule has 3 N–H and O–H groups in total. The van der Waals surface area contributed by atoms with Crippen molar-refractivity contribution in [1.82, 2.24) is 15.3 Å². The fourth-order valence-corrected chi connectivity index (χ4v) is 3.19. The molecule has 2 aromatic rings. The molecule has 0 bridgehead atoms. The number of aromatic nitrogens is 2. The first-order valence-electron chi connectivity index (χ1n) is 8.30. The molecule has 2 aliphatic rings. The van der Waals surface area contributed by atoms with Crippen molar-refractivity contribution in [3.63, 3.8) is 0 Å². The van der Waals surface area contributed by atoms with Crippen LogP contribution >= 0.6 is 0 Å². The molecule has 1 fully saturated rings. The van der Waals surface area contributed by atoms with Gasteiger partial charge in [0.25, 0.3) is 5.91 Å². The number of hydrogen-bond donors (Lipinski definition) is 3. The van der Waals surface area contributed by atoms with E-state index in [4.69, 9.17) is 0 Å². The van der Waals surface area contributed by atoms with Crippen molar-refractivity contribution in [2.75, 3.05) is 10.6 Å². The van der Waals surface area contributed by atoms with Crippen molar-refractivity contribution in [3.05, 3.63) is 47.8 Å². The van der Waals surface area contributed by atoms with Gasteiger partial charge in [0.05, 0.1) is 17.7 Å². The fourth-order valence-electron chi connectivity index (χ4n) is 3.19. The monoisotopic (exact) mass is 336 g/mol. The number of rotatable bonds is 4. The number of anilines is 3. The van der Waals surface area contributed by atoms with E-state index in [1.54, 1.807) is 18.3 Å². The van der Waals surface area contributed by atoms with Crippen LogP contribution in [0.1, 0.15) is 35.2 Å². The number of carbonyl (C=O) groups excluding carboxylic acids is 1. The number of aliphatic hydroxyl groups is 1. The van der Waals surface area contributed by atoms with Crippen LogP contribution in [-0.4, -0.2) is 33.1 Å². The molecule has 4 rings (SSSR count). The molecule has 3 heterocycles. The summed E-state index contributed by atoms with van der Waals surface area (Å²) in [5.74, 6) is 1.36. The van der Waals surface area contributed by atoms with Crippen LogP contribution in [0.15, 0.2) is 36.7 Å². The Morgan fingerprint density at radius 1 is 1.20 bits per heavy atom. The Morgan fingerprint density at radius 2 is 2.12 bits per heavy atom. The van der Waals surface area contributed by atoms with E-state index in [9.17, 15) is 9.90 Å². The van der Waals surface area contributed by atoms with E-state index in [-0.39, 0.29) is 11.9 Å². The smallest absolute Gasteiger partial charge is 0.281 e. The Bertz CT molecular complexity index is 822. The minimum atomic E-state index is -0.434. The molecule has 0 spiro atoms. The zero-order valence-corrected chi connectivity index (χ0v) is 13.5. The van der Waals surface area contributed by atoms with Gasteiger partial charge in [0.15, 0.2) is 0 Å². The second kappa shape index (κ2) is 6.52. The third kappa shape index (κ3) is 3.18. The highest BCUT2D eigenvalue weighted by molar-refractivity contribution is 6.05. The van der Waals surface area contributed by atoms with Crippen molar-refractivity contribution < 1.29 is 9.90 Å². The van der Waals surface area contributed by atoms with Gasteiger partial charge in [-0.15, -0.1) is 0 Å². The maximum Gasteiger partial charge on any atom is 0.281 e. The maximum atomic E-state index is 12.2. The van der Waals surface area contributed by atoms with Crippen LogP contribution in [0, 0.1) is 0 Å². The van der Waals surface area contributed by atoms with E-state index in [2.05, 4.69) is 25.9 Å². The van der Waals surface area contributed by atoms with Gasteiger partial charge in [0.1, 0.15) is 17.5 Å². The van der Waals surface area contributed by atoms with Gasteiger partial charge in [0, 0.05) is 12.4 Å². The van der Waals surface area contributed by atoms with E-state index in [0.717, 1.165) is 24.8 Å². The van der Waals surface area contributed by atoms with E-state index >= 15 is 0 Å². The summed E-state index contributed by atoms with van der Waals surface area (Å²) in [6.07, 6.45) is 7.07. The first-order chi connectivity index (χ1) is 12.2. The lowest BCUT2D eigenvalue weighted by molar-refractivity contribution is 0.0965. The van der Waals surface area contributed by atoms with Gasteiger partial charge in [-0.05, 0) is 49.1 Å². The van der Waals surface area contributed by atoms with Gasteiger partial charge >= 0.3 is 0 Å². The molecule has 1 amide bonds. The van der Waals surface area contributed by atoms with Crippen LogP contribution in [0.25, 0.3) is 6.08 Å². The summed E-state index contributed by atoms with van der Waals surface area (Å²) in [5, 5.41) is 20.3. The third-order valence-corrected chi connectivity index (χ3v) is 4.43. The topological polar surface area (TPSA) is 101 Å². The first kappa shape index (κ1) is 15.6. The summed E-state index contributed by atoms with van der Waals surface area (Å²) < 4.78 is 0. The zero-order valence-electron chi connectivity index (χ0n) is 13.5. The first-order valence-corrected chi connectivity index (χ1v) is 8.30. The molecule has 2 atom stereocenters. The number of fused-ring (bicyclic) bond motifs is 1. The van der Waals surface area contributed by atoms with E-state index in [1.807, 2.05) is 18.2 Å².